The zero-order chi connectivity index (χ0) is 19.1. The van der Waals surface area contributed by atoms with Crippen molar-refractivity contribution in [3.63, 3.8) is 0 Å². The van der Waals surface area contributed by atoms with Crippen molar-refractivity contribution in [2.24, 2.45) is 11.8 Å². The van der Waals surface area contributed by atoms with E-state index in [9.17, 15) is 0 Å². The molecule has 146 valence electrons. The first-order chi connectivity index (χ1) is 13.0. The van der Waals surface area contributed by atoms with Crippen LogP contribution in [0.4, 0.5) is 0 Å². The van der Waals surface area contributed by atoms with E-state index in [4.69, 9.17) is 4.74 Å². The van der Waals surface area contributed by atoms with E-state index >= 15 is 0 Å². The predicted molar refractivity (Wildman–Crippen MR) is 114 cm³/mol. The van der Waals surface area contributed by atoms with Gasteiger partial charge in [0, 0.05) is 12.6 Å². The molecule has 3 rings (SSSR count). The highest BCUT2D eigenvalue weighted by Gasteiger charge is 2.33. The lowest BCUT2D eigenvalue weighted by atomic mass is 9.75. The molecule has 1 aliphatic rings. The molecule has 2 heteroatoms. The third kappa shape index (κ3) is 6.19. The summed E-state index contributed by atoms with van der Waals surface area (Å²) in [5.74, 6) is 1.44. The third-order valence-electron chi connectivity index (χ3n) is 6.01. The van der Waals surface area contributed by atoms with Crippen LogP contribution < -0.4 is 5.32 Å². The molecule has 1 N–H and O–H groups in total. The van der Waals surface area contributed by atoms with E-state index in [1.165, 1.54) is 36.8 Å². The number of ether oxygens (including phenoxy) is 1. The summed E-state index contributed by atoms with van der Waals surface area (Å²) in [6.45, 7) is 8.71. The van der Waals surface area contributed by atoms with Gasteiger partial charge in [0.2, 0.25) is 0 Å². The summed E-state index contributed by atoms with van der Waals surface area (Å²) in [7, 11) is 0. The van der Waals surface area contributed by atoms with Gasteiger partial charge in [-0.15, -0.1) is 0 Å². The molecule has 1 aliphatic heterocycles. The molecule has 0 unspecified atom stereocenters. The molecule has 1 saturated heterocycles. The van der Waals surface area contributed by atoms with E-state index in [-0.39, 0.29) is 5.60 Å². The summed E-state index contributed by atoms with van der Waals surface area (Å²) in [6.07, 6.45) is 4.74. The number of hydrogen-bond acceptors (Lipinski definition) is 2. The van der Waals surface area contributed by atoms with Gasteiger partial charge in [-0.2, -0.15) is 0 Å². The first kappa shape index (κ1) is 20.1. The summed E-state index contributed by atoms with van der Waals surface area (Å²) < 4.78 is 5.98. The Morgan fingerprint density at radius 1 is 1.04 bits per heavy atom. The molecule has 0 saturated carbocycles. The minimum Gasteiger partial charge on any atom is -0.376 e. The van der Waals surface area contributed by atoms with Gasteiger partial charge in [-0.3, -0.25) is 0 Å². The Hall–Kier alpha value is -1.64. The second-order valence-electron chi connectivity index (χ2n) is 8.69. The molecule has 0 aromatic heterocycles. The van der Waals surface area contributed by atoms with E-state index < -0.39 is 0 Å². The zero-order valence-corrected chi connectivity index (χ0v) is 17.2. The van der Waals surface area contributed by atoms with Gasteiger partial charge in [0.15, 0.2) is 0 Å². The van der Waals surface area contributed by atoms with Crippen molar-refractivity contribution in [1.29, 1.82) is 0 Å². The standard InChI is InChI=1S/C25H35NO/c1-20(22-12-8-5-9-13-22)26-16-14-23(18-21-10-6-4-7-11-21)24-15-17-27-25(2,3)19-24/h4-13,20,23-24,26H,14-19H2,1-3H3/t20-,23+,24+/m1/s1. The molecule has 0 bridgehead atoms. The van der Waals surface area contributed by atoms with E-state index in [0.29, 0.717) is 12.0 Å². The minimum atomic E-state index is 0.0165. The molecule has 1 fully saturated rings. The number of benzene rings is 2. The molecule has 0 aliphatic carbocycles. The average Bonchev–Trinajstić information content (AvgIpc) is 2.68. The van der Waals surface area contributed by atoms with Gasteiger partial charge in [-0.25, -0.2) is 0 Å². The van der Waals surface area contributed by atoms with E-state index in [1.807, 2.05) is 0 Å². The van der Waals surface area contributed by atoms with Crippen molar-refractivity contribution < 1.29 is 4.74 Å². The van der Waals surface area contributed by atoms with Crippen LogP contribution in [0, 0.1) is 11.8 Å². The summed E-state index contributed by atoms with van der Waals surface area (Å²) in [5.41, 5.74) is 2.84. The summed E-state index contributed by atoms with van der Waals surface area (Å²) in [6, 6.07) is 22.1. The first-order valence-corrected chi connectivity index (χ1v) is 10.5. The van der Waals surface area contributed by atoms with Crippen molar-refractivity contribution in [1.82, 2.24) is 5.32 Å². The Bertz CT molecular complexity index is 667. The maximum absolute atomic E-state index is 5.98. The third-order valence-corrected chi connectivity index (χ3v) is 6.01. The molecule has 0 radical (unpaired) electrons. The van der Waals surface area contributed by atoms with Crippen LogP contribution in [0.15, 0.2) is 60.7 Å². The fourth-order valence-electron chi connectivity index (χ4n) is 4.45. The van der Waals surface area contributed by atoms with Crippen LogP contribution >= 0.6 is 0 Å². The van der Waals surface area contributed by atoms with Crippen molar-refractivity contribution in [2.45, 2.75) is 58.1 Å². The van der Waals surface area contributed by atoms with Crippen LogP contribution in [0.5, 0.6) is 0 Å². The average molecular weight is 366 g/mol. The van der Waals surface area contributed by atoms with Crippen molar-refractivity contribution >= 4 is 0 Å². The number of hydrogen-bond donors (Lipinski definition) is 1. The SMILES string of the molecule is C[C@@H](NCC[C@@H](Cc1ccccc1)[C@H]1CCOC(C)(C)C1)c1ccccc1. The van der Waals surface area contributed by atoms with Gasteiger partial charge in [0.25, 0.3) is 0 Å². The highest BCUT2D eigenvalue weighted by atomic mass is 16.5. The topological polar surface area (TPSA) is 21.3 Å². The van der Waals surface area contributed by atoms with Crippen molar-refractivity contribution in [3.8, 4) is 0 Å². The van der Waals surface area contributed by atoms with Gasteiger partial charge in [-0.05, 0) is 76.0 Å². The minimum absolute atomic E-state index is 0.0165. The van der Waals surface area contributed by atoms with E-state index in [2.05, 4.69) is 86.8 Å². The van der Waals surface area contributed by atoms with Crippen molar-refractivity contribution in [2.75, 3.05) is 13.2 Å². The molecule has 2 nitrogen and oxygen atoms in total. The van der Waals surface area contributed by atoms with Gasteiger partial charge in [-0.1, -0.05) is 60.7 Å². The lowest BCUT2D eigenvalue weighted by Crippen LogP contribution is -2.38. The maximum Gasteiger partial charge on any atom is 0.0629 e. The molecule has 2 aromatic carbocycles. The van der Waals surface area contributed by atoms with Crippen LogP contribution in [0.2, 0.25) is 0 Å². The van der Waals surface area contributed by atoms with Gasteiger partial charge >= 0.3 is 0 Å². The first-order valence-electron chi connectivity index (χ1n) is 10.5. The molecular formula is C25H35NO. The summed E-state index contributed by atoms with van der Waals surface area (Å²) in [5, 5.41) is 3.74. The molecule has 27 heavy (non-hydrogen) atoms. The van der Waals surface area contributed by atoms with Crippen LogP contribution in [-0.2, 0) is 11.2 Å². The fourth-order valence-corrected chi connectivity index (χ4v) is 4.45. The number of rotatable bonds is 8. The second-order valence-corrected chi connectivity index (χ2v) is 8.69. The van der Waals surface area contributed by atoms with Gasteiger partial charge in [0.05, 0.1) is 5.60 Å². The lowest BCUT2D eigenvalue weighted by Gasteiger charge is -2.39. The molecule has 1 heterocycles. The molecule has 0 amide bonds. The smallest absolute Gasteiger partial charge is 0.0629 e. The normalized spacial score (nSPS) is 21.5. The van der Waals surface area contributed by atoms with E-state index in [1.54, 1.807) is 0 Å². The fraction of sp³-hybridized carbons (Fsp3) is 0.520. The number of nitrogens with one attached hydrogen (secondary N) is 1. The highest BCUT2D eigenvalue weighted by molar-refractivity contribution is 5.18. The maximum atomic E-state index is 5.98. The summed E-state index contributed by atoms with van der Waals surface area (Å²) in [4.78, 5) is 0. The quantitative estimate of drug-likeness (QED) is 0.639. The van der Waals surface area contributed by atoms with Crippen molar-refractivity contribution in [3.05, 3.63) is 71.8 Å². The largest absolute Gasteiger partial charge is 0.376 e. The molecule has 3 atom stereocenters. The Morgan fingerprint density at radius 3 is 2.37 bits per heavy atom. The van der Waals surface area contributed by atoms with E-state index in [0.717, 1.165) is 19.1 Å². The van der Waals surface area contributed by atoms with Gasteiger partial charge in [0.1, 0.15) is 0 Å². The van der Waals surface area contributed by atoms with Gasteiger partial charge < -0.3 is 10.1 Å². The Labute approximate surface area is 165 Å². The summed E-state index contributed by atoms with van der Waals surface area (Å²) >= 11 is 0. The van der Waals surface area contributed by atoms with Crippen LogP contribution in [0.25, 0.3) is 0 Å². The molecule has 2 aromatic rings. The lowest BCUT2D eigenvalue weighted by molar-refractivity contribution is -0.0830. The highest BCUT2D eigenvalue weighted by Crippen LogP contribution is 2.36. The molecular weight excluding hydrogens is 330 g/mol. The van der Waals surface area contributed by atoms with Crippen LogP contribution in [0.1, 0.15) is 57.2 Å². The predicted octanol–water partition coefficient (Wildman–Crippen LogP) is 5.79. The Morgan fingerprint density at radius 2 is 1.70 bits per heavy atom. The van der Waals surface area contributed by atoms with Crippen LogP contribution in [-0.4, -0.2) is 18.8 Å². The Balaban J connectivity index is 1.61. The zero-order valence-electron chi connectivity index (χ0n) is 17.2. The van der Waals surface area contributed by atoms with Crippen LogP contribution in [0.3, 0.4) is 0 Å². The second kappa shape index (κ2) is 9.52. The molecule has 0 spiro atoms. The Kier molecular flexibility index (Phi) is 7.09. The monoisotopic (exact) mass is 365 g/mol.